The molecule has 1 atom stereocenters. The van der Waals surface area contributed by atoms with Gasteiger partial charge in [0.15, 0.2) is 0 Å². The molecule has 0 fully saturated rings. The van der Waals surface area contributed by atoms with E-state index in [4.69, 9.17) is 0 Å². The number of fused-ring (bicyclic) bond motifs is 3. The van der Waals surface area contributed by atoms with E-state index in [1.165, 1.54) is 17.4 Å². The van der Waals surface area contributed by atoms with Crippen LogP contribution in [0.25, 0.3) is 32.1 Å². The molecule has 28 heavy (non-hydrogen) atoms. The number of H-pyrrole nitrogens is 1. The maximum absolute atomic E-state index is 14.9. The van der Waals surface area contributed by atoms with E-state index < -0.39 is 0 Å². The average Bonchev–Trinajstić information content (AvgIpc) is 3.13. The minimum Gasteiger partial charge on any atom is -0.507 e. The molecule has 4 rings (SSSR count). The van der Waals surface area contributed by atoms with Crippen LogP contribution in [0.3, 0.4) is 0 Å². The van der Waals surface area contributed by atoms with E-state index in [1.54, 1.807) is 6.07 Å². The summed E-state index contributed by atoms with van der Waals surface area (Å²) in [6.07, 6.45) is 1.92. The lowest BCUT2D eigenvalue weighted by atomic mass is 9.91. The van der Waals surface area contributed by atoms with Gasteiger partial charge in [-0.3, -0.25) is 4.79 Å². The number of aromatic hydroxyl groups is 1. The number of aromatic amines is 1. The van der Waals surface area contributed by atoms with Crippen molar-refractivity contribution < 1.29 is 9.50 Å². The number of halogens is 1. The monoisotopic (exact) mass is 395 g/mol. The minimum atomic E-state index is -0.266. The highest BCUT2D eigenvalue weighted by Gasteiger charge is 2.19. The number of benzene rings is 2. The molecule has 0 bridgehead atoms. The molecule has 4 aromatic rings. The van der Waals surface area contributed by atoms with E-state index in [9.17, 15) is 14.3 Å². The Kier molecular flexibility index (Phi) is 4.71. The van der Waals surface area contributed by atoms with Crippen molar-refractivity contribution in [1.29, 1.82) is 0 Å². The van der Waals surface area contributed by atoms with Crippen molar-refractivity contribution in [3.8, 4) is 16.9 Å². The molecule has 0 radical (unpaired) electrons. The maximum Gasteiger partial charge on any atom is 0.266 e. The molecule has 0 amide bonds. The summed E-state index contributed by atoms with van der Waals surface area (Å²) in [6, 6.07) is 8.67. The molecule has 0 aliphatic heterocycles. The fourth-order valence-corrected chi connectivity index (χ4v) is 4.84. The Balaban J connectivity index is 2.03. The van der Waals surface area contributed by atoms with E-state index in [-0.39, 0.29) is 23.0 Å². The molecule has 0 spiro atoms. The van der Waals surface area contributed by atoms with Gasteiger partial charge in [0.05, 0.1) is 5.52 Å². The third-order valence-electron chi connectivity index (χ3n) is 5.42. The first kappa shape index (κ1) is 18.7. The van der Waals surface area contributed by atoms with Gasteiger partial charge in [0.1, 0.15) is 16.3 Å². The molecule has 0 saturated carbocycles. The summed E-state index contributed by atoms with van der Waals surface area (Å²) in [5, 5.41) is 14.1. The summed E-state index contributed by atoms with van der Waals surface area (Å²) in [5.41, 5.74) is 3.14. The van der Waals surface area contributed by atoms with Crippen LogP contribution >= 0.6 is 11.3 Å². The number of rotatable bonds is 4. The fraction of sp³-hybridized carbons (Fsp3) is 0.261. The lowest BCUT2D eigenvalue weighted by Crippen LogP contribution is -2.06. The van der Waals surface area contributed by atoms with E-state index in [0.717, 1.165) is 29.2 Å². The molecule has 0 aliphatic carbocycles. The molecular formula is C23H22FNO2S. The van der Waals surface area contributed by atoms with Crippen LogP contribution in [0.4, 0.5) is 4.39 Å². The highest BCUT2D eigenvalue weighted by atomic mass is 32.1. The lowest BCUT2D eigenvalue weighted by Gasteiger charge is -2.16. The zero-order valence-electron chi connectivity index (χ0n) is 16.1. The minimum absolute atomic E-state index is 0.0818. The second-order valence-corrected chi connectivity index (χ2v) is 8.30. The molecule has 2 N–H and O–H groups in total. The first-order valence-corrected chi connectivity index (χ1v) is 10.4. The molecule has 2 heterocycles. The van der Waals surface area contributed by atoms with Gasteiger partial charge in [-0.05, 0) is 59.5 Å². The number of phenols is 1. The van der Waals surface area contributed by atoms with Crippen LogP contribution in [0.2, 0.25) is 0 Å². The number of aryl methyl sites for hydroxylation is 1. The van der Waals surface area contributed by atoms with E-state index in [2.05, 4.69) is 11.9 Å². The molecule has 0 unspecified atom stereocenters. The van der Waals surface area contributed by atoms with Crippen molar-refractivity contribution in [1.82, 2.24) is 4.98 Å². The Hall–Kier alpha value is -2.66. The number of aromatic nitrogens is 1. The van der Waals surface area contributed by atoms with Crippen LogP contribution in [0.5, 0.6) is 5.75 Å². The predicted octanol–water partition coefficient (Wildman–Crippen LogP) is 6.47. The summed E-state index contributed by atoms with van der Waals surface area (Å²) in [6.45, 7) is 5.96. The summed E-state index contributed by atoms with van der Waals surface area (Å²) < 4.78 is 15.5. The second kappa shape index (κ2) is 7.06. The van der Waals surface area contributed by atoms with Crippen LogP contribution in [0.15, 0.2) is 40.5 Å². The van der Waals surface area contributed by atoms with Crippen LogP contribution in [0, 0.1) is 12.7 Å². The standard InChI is InChI=1S/C23H22FNO2S/c1-4-5-12(2)15-7-6-14(11-17(15)24)19-18(26)10-13(3)21-20(19)16-8-9-28-22(16)23(27)25-21/h6-12,26H,4-5H2,1-3H3,(H,25,27)/t12-/m0/s1. The highest BCUT2D eigenvalue weighted by molar-refractivity contribution is 7.17. The van der Waals surface area contributed by atoms with Gasteiger partial charge < -0.3 is 10.1 Å². The lowest BCUT2D eigenvalue weighted by molar-refractivity contribution is 0.477. The molecule has 0 saturated heterocycles. The topological polar surface area (TPSA) is 53.1 Å². The van der Waals surface area contributed by atoms with Crippen molar-refractivity contribution >= 4 is 32.3 Å². The molecule has 144 valence electrons. The van der Waals surface area contributed by atoms with Crippen molar-refractivity contribution in [2.45, 2.75) is 39.5 Å². The van der Waals surface area contributed by atoms with Crippen molar-refractivity contribution in [3.05, 3.63) is 63.0 Å². The third-order valence-corrected chi connectivity index (χ3v) is 6.34. The molecular weight excluding hydrogens is 373 g/mol. The number of hydrogen-bond donors (Lipinski definition) is 2. The Morgan fingerprint density at radius 3 is 2.75 bits per heavy atom. The van der Waals surface area contributed by atoms with Gasteiger partial charge in [-0.2, -0.15) is 0 Å². The number of phenolic OH excluding ortho intramolecular Hbond substituents is 1. The van der Waals surface area contributed by atoms with Gasteiger partial charge >= 0.3 is 0 Å². The van der Waals surface area contributed by atoms with Gasteiger partial charge in [0.2, 0.25) is 0 Å². The highest BCUT2D eigenvalue weighted by Crippen LogP contribution is 2.42. The van der Waals surface area contributed by atoms with Crippen molar-refractivity contribution in [2.24, 2.45) is 0 Å². The maximum atomic E-state index is 14.9. The van der Waals surface area contributed by atoms with Crippen molar-refractivity contribution in [3.63, 3.8) is 0 Å². The molecule has 5 heteroatoms. The van der Waals surface area contributed by atoms with E-state index >= 15 is 0 Å². The van der Waals surface area contributed by atoms with Crippen LogP contribution in [-0.4, -0.2) is 10.1 Å². The number of thiophene rings is 1. The van der Waals surface area contributed by atoms with Gasteiger partial charge in [0, 0.05) is 16.3 Å². The smallest absolute Gasteiger partial charge is 0.266 e. The zero-order valence-corrected chi connectivity index (χ0v) is 16.9. The Bertz CT molecular complexity index is 1260. The molecule has 3 nitrogen and oxygen atoms in total. The van der Waals surface area contributed by atoms with Crippen LogP contribution in [-0.2, 0) is 0 Å². The van der Waals surface area contributed by atoms with Gasteiger partial charge in [0.25, 0.3) is 5.56 Å². The van der Waals surface area contributed by atoms with Crippen LogP contribution < -0.4 is 5.56 Å². The second-order valence-electron chi connectivity index (χ2n) is 7.38. The normalized spacial score (nSPS) is 12.7. The number of nitrogens with one attached hydrogen (secondary N) is 1. The van der Waals surface area contributed by atoms with Crippen molar-refractivity contribution in [2.75, 3.05) is 0 Å². The average molecular weight is 395 g/mol. The zero-order chi connectivity index (χ0) is 20.0. The third kappa shape index (κ3) is 2.90. The first-order chi connectivity index (χ1) is 13.4. The molecule has 2 aromatic carbocycles. The van der Waals surface area contributed by atoms with Gasteiger partial charge in [-0.1, -0.05) is 32.4 Å². The SMILES string of the molecule is CCC[C@H](C)c1ccc(-c2c(O)cc(C)c3[nH]c(=O)c4sccc4c23)cc1F. The Morgan fingerprint density at radius 2 is 2.04 bits per heavy atom. The number of hydrogen-bond acceptors (Lipinski definition) is 3. The van der Waals surface area contributed by atoms with Crippen LogP contribution in [0.1, 0.15) is 43.7 Å². The summed E-state index contributed by atoms with van der Waals surface area (Å²) in [5.74, 6) is -0.0433. The van der Waals surface area contributed by atoms with Gasteiger partial charge in [-0.25, -0.2) is 4.39 Å². The molecule has 0 aliphatic rings. The Labute approximate surface area is 166 Å². The molecule has 2 aromatic heterocycles. The quantitative estimate of drug-likeness (QED) is 0.416. The largest absolute Gasteiger partial charge is 0.507 e. The summed E-state index contributed by atoms with van der Waals surface area (Å²) >= 11 is 1.36. The van der Waals surface area contributed by atoms with Gasteiger partial charge in [-0.15, -0.1) is 11.3 Å². The fourth-order valence-electron chi connectivity index (χ4n) is 4.05. The summed E-state index contributed by atoms with van der Waals surface area (Å²) in [7, 11) is 0. The number of pyridine rings is 1. The predicted molar refractivity (Wildman–Crippen MR) is 115 cm³/mol. The van der Waals surface area contributed by atoms with E-state index in [1.807, 2.05) is 37.4 Å². The Morgan fingerprint density at radius 1 is 1.25 bits per heavy atom. The van der Waals surface area contributed by atoms with E-state index in [0.29, 0.717) is 26.9 Å². The first-order valence-electron chi connectivity index (χ1n) is 9.48. The summed E-state index contributed by atoms with van der Waals surface area (Å²) in [4.78, 5) is 15.3.